The van der Waals surface area contributed by atoms with Gasteiger partial charge in [0.15, 0.2) is 0 Å². The number of aromatic nitrogens is 1. The van der Waals surface area contributed by atoms with Crippen molar-refractivity contribution in [2.75, 3.05) is 0 Å². The second-order valence-corrected chi connectivity index (χ2v) is 6.57. The van der Waals surface area contributed by atoms with Gasteiger partial charge in [-0.25, -0.2) is 0 Å². The van der Waals surface area contributed by atoms with E-state index in [-0.39, 0.29) is 6.10 Å². The number of para-hydroxylation sites is 1. The number of aliphatic hydroxyl groups is 1. The summed E-state index contributed by atoms with van der Waals surface area (Å²) in [5.41, 5.74) is 3.58. The molecule has 1 N–H and O–H groups in total. The molecular weight excluding hydrogens is 294 g/mol. The molecule has 3 rings (SSSR count). The summed E-state index contributed by atoms with van der Waals surface area (Å²) in [6.45, 7) is 2.87. The topological polar surface area (TPSA) is 25.2 Å². The van der Waals surface area contributed by atoms with Crippen LogP contribution in [0.4, 0.5) is 0 Å². The molecule has 0 aliphatic heterocycles. The van der Waals surface area contributed by atoms with Gasteiger partial charge in [-0.3, -0.25) is 0 Å². The summed E-state index contributed by atoms with van der Waals surface area (Å²) in [6.07, 6.45) is 5.40. The van der Waals surface area contributed by atoms with Crippen LogP contribution >= 0.6 is 0 Å². The van der Waals surface area contributed by atoms with Gasteiger partial charge in [0.25, 0.3) is 0 Å². The molecule has 0 amide bonds. The van der Waals surface area contributed by atoms with Gasteiger partial charge in [0.2, 0.25) is 0 Å². The van der Waals surface area contributed by atoms with Crippen LogP contribution in [0, 0.1) is 0 Å². The lowest BCUT2D eigenvalue weighted by Crippen LogP contribution is -2.16. The summed E-state index contributed by atoms with van der Waals surface area (Å²) in [6, 6.07) is 21.1. The van der Waals surface area contributed by atoms with Gasteiger partial charge in [-0.05, 0) is 24.1 Å². The number of benzene rings is 2. The average Bonchev–Trinajstić information content (AvgIpc) is 2.98. The van der Waals surface area contributed by atoms with Crippen LogP contribution in [0.1, 0.15) is 39.0 Å². The maximum absolute atomic E-state index is 10.5. The molecule has 24 heavy (non-hydrogen) atoms. The lowest BCUT2D eigenvalue weighted by Gasteiger charge is -2.16. The lowest BCUT2D eigenvalue weighted by molar-refractivity contribution is 0.143. The van der Waals surface area contributed by atoms with Crippen molar-refractivity contribution < 1.29 is 5.11 Å². The third-order valence-electron chi connectivity index (χ3n) is 4.66. The number of rotatable bonds is 8. The van der Waals surface area contributed by atoms with Crippen molar-refractivity contribution in [3.05, 3.63) is 60.7 Å². The Hall–Kier alpha value is -2.06. The number of aliphatic hydroxyl groups excluding tert-OH is 1. The van der Waals surface area contributed by atoms with Gasteiger partial charge in [-0.2, -0.15) is 0 Å². The van der Waals surface area contributed by atoms with Gasteiger partial charge in [0.1, 0.15) is 0 Å². The van der Waals surface area contributed by atoms with Crippen LogP contribution in [0.2, 0.25) is 0 Å². The van der Waals surface area contributed by atoms with Gasteiger partial charge < -0.3 is 9.67 Å². The molecule has 2 aromatic carbocycles. The highest BCUT2D eigenvalue weighted by molar-refractivity contribution is 5.87. The Bertz CT molecular complexity index is 760. The molecule has 0 saturated heterocycles. The minimum absolute atomic E-state index is 0.292. The molecule has 3 aromatic rings. The first-order valence-electron chi connectivity index (χ1n) is 9.11. The molecule has 126 valence electrons. The van der Waals surface area contributed by atoms with E-state index >= 15 is 0 Å². The second kappa shape index (κ2) is 8.16. The fraction of sp³-hybridized carbons (Fsp3) is 0.364. The van der Waals surface area contributed by atoms with Crippen molar-refractivity contribution in [3.8, 4) is 11.3 Å². The fourth-order valence-electron chi connectivity index (χ4n) is 3.36. The number of unbranched alkanes of at least 4 members (excludes halogenated alkanes) is 3. The van der Waals surface area contributed by atoms with Crippen molar-refractivity contribution in [1.82, 2.24) is 4.57 Å². The molecule has 0 aliphatic rings. The van der Waals surface area contributed by atoms with Crippen LogP contribution in [0.15, 0.2) is 60.7 Å². The second-order valence-electron chi connectivity index (χ2n) is 6.57. The van der Waals surface area contributed by atoms with E-state index in [9.17, 15) is 5.11 Å². The highest BCUT2D eigenvalue weighted by atomic mass is 16.3. The summed E-state index contributed by atoms with van der Waals surface area (Å²) in [7, 11) is 0. The van der Waals surface area contributed by atoms with Crippen LogP contribution in [0.3, 0.4) is 0 Å². The molecule has 1 atom stereocenters. The summed E-state index contributed by atoms with van der Waals surface area (Å²) in [4.78, 5) is 0. The van der Waals surface area contributed by atoms with Crippen LogP contribution in [-0.4, -0.2) is 15.8 Å². The van der Waals surface area contributed by atoms with Crippen molar-refractivity contribution in [1.29, 1.82) is 0 Å². The van der Waals surface area contributed by atoms with Gasteiger partial charge in [0, 0.05) is 23.1 Å². The SMILES string of the molecule is CCCCCCC(O)Cn1c(-c2ccccc2)cc2ccccc21. The van der Waals surface area contributed by atoms with E-state index in [0.717, 1.165) is 12.8 Å². The molecule has 0 aliphatic carbocycles. The molecule has 0 radical (unpaired) electrons. The molecule has 2 heteroatoms. The molecule has 0 spiro atoms. The third kappa shape index (κ3) is 3.88. The maximum atomic E-state index is 10.5. The minimum Gasteiger partial charge on any atom is -0.391 e. The number of fused-ring (bicyclic) bond motifs is 1. The zero-order valence-corrected chi connectivity index (χ0v) is 14.5. The van der Waals surface area contributed by atoms with Crippen molar-refractivity contribution in [2.24, 2.45) is 0 Å². The van der Waals surface area contributed by atoms with Crippen molar-refractivity contribution in [3.63, 3.8) is 0 Å². The summed E-state index contributed by atoms with van der Waals surface area (Å²) < 4.78 is 2.27. The predicted octanol–water partition coefficient (Wildman–Crippen LogP) is 5.64. The van der Waals surface area contributed by atoms with E-state index in [0.29, 0.717) is 6.54 Å². The van der Waals surface area contributed by atoms with Crippen molar-refractivity contribution in [2.45, 2.75) is 51.7 Å². The normalized spacial score (nSPS) is 12.6. The van der Waals surface area contributed by atoms with Gasteiger partial charge in [-0.1, -0.05) is 81.1 Å². The van der Waals surface area contributed by atoms with E-state index in [4.69, 9.17) is 0 Å². The van der Waals surface area contributed by atoms with Crippen LogP contribution in [0.25, 0.3) is 22.2 Å². The first-order valence-corrected chi connectivity index (χ1v) is 9.11. The van der Waals surface area contributed by atoms with Gasteiger partial charge in [0.05, 0.1) is 6.10 Å². The molecule has 1 heterocycles. The number of hydrogen-bond acceptors (Lipinski definition) is 1. The Morgan fingerprint density at radius 3 is 2.46 bits per heavy atom. The molecule has 1 aromatic heterocycles. The van der Waals surface area contributed by atoms with Gasteiger partial charge >= 0.3 is 0 Å². The van der Waals surface area contributed by atoms with Gasteiger partial charge in [-0.15, -0.1) is 0 Å². The largest absolute Gasteiger partial charge is 0.391 e. The zero-order valence-electron chi connectivity index (χ0n) is 14.5. The Morgan fingerprint density at radius 1 is 0.917 bits per heavy atom. The summed E-state index contributed by atoms with van der Waals surface area (Å²) in [5.74, 6) is 0. The van der Waals surface area contributed by atoms with Crippen LogP contribution in [-0.2, 0) is 6.54 Å². The fourth-order valence-corrected chi connectivity index (χ4v) is 3.36. The van der Waals surface area contributed by atoms with E-state index in [1.807, 2.05) is 6.07 Å². The third-order valence-corrected chi connectivity index (χ3v) is 4.66. The molecule has 0 saturated carbocycles. The molecule has 2 nitrogen and oxygen atoms in total. The predicted molar refractivity (Wildman–Crippen MR) is 102 cm³/mol. The lowest BCUT2D eigenvalue weighted by atomic mass is 10.1. The summed E-state index contributed by atoms with van der Waals surface area (Å²) in [5, 5.41) is 11.8. The summed E-state index contributed by atoms with van der Waals surface area (Å²) >= 11 is 0. The molecule has 0 fully saturated rings. The molecule has 1 unspecified atom stereocenters. The monoisotopic (exact) mass is 321 g/mol. The number of nitrogens with zero attached hydrogens (tertiary/aromatic N) is 1. The van der Waals surface area contributed by atoms with E-state index < -0.39 is 0 Å². The number of hydrogen-bond donors (Lipinski definition) is 1. The van der Waals surface area contributed by atoms with E-state index in [1.54, 1.807) is 0 Å². The Balaban J connectivity index is 1.85. The van der Waals surface area contributed by atoms with Crippen molar-refractivity contribution >= 4 is 10.9 Å². The minimum atomic E-state index is -0.292. The molecule has 0 bridgehead atoms. The first-order chi connectivity index (χ1) is 11.8. The quantitative estimate of drug-likeness (QED) is 0.534. The smallest absolute Gasteiger partial charge is 0.0719 e. The Morgan fingerprint density at radius 2 is 1.67 bits per heavy atom. The maximum Gasteiger partial charge on any atom is 0.0719 e. The average molecular weight is 321 g/mol. The van der Waals surface area contributed by atoms with Crippen LogP contribution in [0.5, 0.6) is 0 Å². The zero-order chi connectivity index (χ0) is 16.8. The van der Waals surface area contributed by atoms with E-state index in [2.05, 4.69) is 66.1 Å². The molecular formula is C22H27NO. The Kier molecular flexibility index (Phi) is 5.71. The Labute approximate surface area is 144 Å². The first kappa shape index (κ1) is 16.8. The highest BCUT2D eigenvalue weighted by Gasteiger charge is 2.13. The van der Waals surface area contributed by atoms with E-state index in [1.165, 1.54) is 41.4 Å². The van der Waals surface area contributed by atoms with Crippen LogP contribution < -0.4 is 0 Å². The standard InChI is InChI=1S/C22H27NO/c1-2-3-4-8-14-20(24)17-23-21-15-10-9-13-19(21)16-22(23)18-11-6-5-7-12-18/h5-7,9-13,15-16,20,24H,2-4,8,14,17H2,1H3. The highest BCUT2D eigenvalue weighted by Crippen LogP contribution is 2.28.